The van der Waals surface area contributed by atoms with Crippen molar-refractivity contribution < 1.29 is 0 Å². The predicted octanol–water partition coefficient (Wildman–Crippen LogP) is 3.32. The number of thioether (sulfide) groups is 1. The van der Waals surface area contributed by atoms with Crippen LogP contribution in [0.25, 0.3) is 0 Å². The van der Waals surface area contributed by atoms with Gasteiger partial charge in [-0.15, -0.1) is 0 Å². The highest BCUT2D eigenvalue weighted by atomic mass is 79.9. The minimum Gasteiger partial charge on any atom is -0.383 e. The lowest BCUT2D eigenvalue weighted by Crippen LogP contribution is -2.14. The van der Waals surface area contributed by atoms with Gasteiger partial charge in [0.1, 0.15) is 4.60 Å². The standard InChI is InChI=1S/C11H15BrN2S/c1-8-10(2-3-11(12)14-8)13-6-9-4-5-15-7-9/h2-3,9,13H,4-7H2,1H3. The molecule has 82 valence electrons. The highest BCUT2D eigenvalue weighted by molar-refractivity contribution is 9.10. The maximum atomic E-state index is 4.37. The van der Waals surface area contributed by atoms with Crippen LogP contribution < -0.4 is 5.32 Å². The lowest BCUT2D eigenvalue weighted by molar-refractivity contribution is 0.631. The Morgan fingerprint density at radius 2 is 2.47 bits per heavy atom. The van der Waals surface area contributed by atoms with E-state index in [1.54, 1.807) is 0 Å². The Balaban J connectivity index is 1.92. The van der Waals surface area contributed by atoms with E-state index in [-0.39, 0.29) is 0 Å². The maximum absolute atomic E-state index is 4.37. The van der Waals surface area contributed by atoms with E-state index in [0.717, 1.165) is 28.4 Å². The first-order valence-corrected chi connectivity index (χ1v) is 7.15. The van der Waals surface area contributed by atoms with Gasteiger partial charge in [0.2, 0.25) is 0 Å². The molecule has 2 heterocycles. The summed E-state index contributed by atoms with van der Waals surface area (Å²) >= 11 is 5.43. The Hall–Kier alpha value is -0.220. The summed E-state index contributed by atoms with van der Waals surface area (Å²) in [7, 11) is 0. The van der Waals surface area contributed by atoms with Gasteiger partial charge in [0, 0.05) is 6.54 Å². The van der Waals surface area contributed by atoms with Gasteiger partial charge in [-0.1, -0.05) is 0 Å². The van der Waals surface area contributed by atoms with Crippen molar-refractivity contribution in [1.82, 2.24) is 4.98 Å². The van der Waals surface area contributed by atoms with Crippen molar-refractivity contribution in [2.75, 3.05) is 23.4 Å². The van der Waals surface area contributed by atoms with Gasteiger partial charge in [-0.25, -0.2) is 4.98 Å². The quantitative estimate of drug-likeness (QED) is 0.863. The Labute approximate surface area is 103 Å². The average molecular weight is 287 g/mol. The van der Waals surface area contributed by atoms with Crippen LogP contribution >= 0.6 is 27.7 Å². The molecule has 1 aromatic rings. The smallest absolute Gasteiger partial charge is 0.106 e. The van der Waals surface area contributed by atoms with Gasteiger partial charge in [-0.2, -0.15) is 11.8 Å². The van der Waals surface area contributed by atoms with Crippen LogP contribution in [0.4, 0.5) is 5.69 Å². The fraction of sp³-hybridized carbons (Fsp3) is 0.545. The van der Waals surface area contributed by atoms with E-state index >= 15 is 0 Å². The topological polar surface area (TPSA) is 24.9 Å². The Bertz CT molecular complexity index is 337. The highest BCUT2D eigenvalue weighted by Crippen LogP contribution is 2.24. The van der Waals surface area contributed by atoms with Crippen LogP contribution in [0.2, 0.25) is 0 Å². The van der Waals surface area contributed by atoms with Crippen molar-refractivity contribution in [3.8, 4) is 0 Å². The fourth-order valence-electron chi connectivity index (χ4n) is 1.72. The summed E-state index contributed by atoms with van der Waals surface area (Å²) in [6.07, 6.45) is 1.35. The van der Waals surface area contributed by atoms with Gasteiger partial charge in [-0.3, -0.25) is 0 Å². The van der Waals surface area contributed by atoms with E-state index in [4.69, 9.17) is 0 Å². The molecule has 1 unspecified atom stereocenters. The number of hydrogen-bond donors (Lipinski definition) is 1. The number of anilines is 1. The highest BCUT2D eigenvalue weighted by Gasteiger charge is 2.15. The molecule has 1 saturated heterocycles. The lowest BCUT2D eigenvalue weighted by Gasteiger charge is -2.12. The number of nitrogens with zero attached hydrogens (tertiary/aromatic N) is 1. The number of halogens is 1. The number of nitrogens with one attached hydrogen (secondary N) is 1. The first-order valence-electron chi connectivity index (χ1n) is 5.20. The predicted molar refractivity (Wildman–Crippen MR) is 70.6 cm³/mol. The summed E-state index contributed by atoms with van der Waals surface area (Å²) in [6, 6.07) is 4.08. The fourth-order valence-corrected chi connectivity index (χ4v) is 3.40. The van der Waals surface area contributed by atoms with Crippen molar-refractivity contribution in [2.45, 2.75) is 13.3 Å². The van der Waals surface area contributed by atoms with E-state index in [0.29, 0.717) is 0 Å². The number of rotatable bonds is 3. The SMILES string of the molecule is Cc1nc(Br)ccc1NCC1CCSC1. The van der Waals surface area contributed by atoms with Crippen LogP contribution in [0, 0.1) is 12.8 Å². The molecule has 1 aliphatic heterocycles. The Kier molecular flexibility index (Phi) is 3.92. The van der Waals surface area contributed by atoms with E-state index in [9.17, 15) is 0 Å². The largest absolute Gasteiger partial charge is 0.383 e. The lowest BCUT2D eigenvalue weighted by atomic mass is 10.1. The summed E-state index contributed by atoms with van der Waals surface area (Å²) in [5, 5.41) is 3.49. The minimum atomic E-state index is 0.832. The van der Waals surface area contributed by atoms with Crippen molar-refractivity contribution >= 4 is 33.4 Å². The Morgan fingerprint density at radius 3 is 3.13 bits per heavy atom. The van der Waals surface area contributed by atoms with Crippen molar-refractivity contribution in [3.05, 3.63) is 22.4 Å². The normalized spacial score (nSPS) is 20.5. The average Bonchev–Trinajstić information content (AvgIpc) is 2.69. The molecule has 4 heteroatoms. The molecule has 0 amide bonds. The van der Waals surface area contributed by atoms with E-state index in [1.165, 1.54) is 17.9 Å². The van der Waals surface area contributed by atoms with Crippen molar-refractivity contribution in [1.29, 1.82) is 0 Å². The second-order valence-corrected chi connectivity index (χ2v) is 5.84. The summed E-state index contributed by atoms with van der Waals surface area (Å²) in [6.45, 7) is 3.12. The molecule has 0 saturated carbocycles. The summed E-state index contributed by atoms with van der Waals surface area (Å²) in [4.78, 5) is 4.37. The molecule has 1 N–H and O–H groups in total. The molecule has 1 aromatic heterocycles. The van der Waals surface area contributed by atoms with Crippen LogP contribution in [-0.4, -0.2) is 23.0 Å². The van der Waals surface area contributed by atoms with Gasteiger partial charge in [0.15, 0.2) is 0 Å². The second kappa shape index (κ2) is 5.21. The molecule has 2 nitrogen and oxygen atoms in total. The Morgan fingerprint density at radius 1 is 1.60 bits per heavy atom. The minimum absolute atomic E-state index is 0.832. The first kappa shape index (κ1) is 11.3. The third-order valence-electron chi connectivity index (χ3n) is 2.66. The molecule has 1 aliphatic rings. The molecule has 0 spiro atoms. The van der Waals surface area contributed by atoms with Gasteiger partial charge in [-0.05, 0) is 58.8 Å². The summed E-state index contributed by atoms with van der Waals surface area (Å²) in [5.41, 5.74) is 2.23. The third kappa shape index (κ3) is 3.11. The van der Waals surface area contributed by atoms with Gasteiger partial charge in [0.05, 0.1) is 11.4 Å². The monoisotopic (exact) mass is 286 g/mol. The molecule has 15 heavy (non-hydrogen) atoms. The zero-order valence-corrected chi connectivity index (χ0v) is 11.2. The van der Waals surface area contributed by atoms with Crippen molar-refractivity contribution in [3.63, 3.8) is 0 Å². The number of aromatic nitrogens is 1. The van der Waals surface area contributed by atoms with E-state index in [1.807, 2.05) is 13.0 Å². The van der Waals surface area contributed by atoms with E-state index < -0.39 is 0 Å². The summed E-state index contributed by atoms with van der Waals surface area (Å²) in [5.74, 6) is 3.46. The molecule has 1 atom stereocenters. The molecule has 0 aromatic carbocycles. The molecule has 0 radical (unpaired) electrons. The number of hydrogen-bond acceptors (Lipinski definition) is 3. The van der Waals surface area contributed by atoms with Crippen LogP contribution in [0.15, 0.2) is 16.7 Å². The molecule has 0 bridgehead atoms. The molecule has 0 aliphatic carbocycles. The first-order chi connectivity index (χ1) is 7.25. The molecular formula is C11H15BrN2S. The zero-order valence-electron chi connectivity index (χ0n) is 8.79. The molecule has 1 fully saturated rings. The molecular weight excluding hydrogens is 272 g/mol. The number of aryl methyl sites for hydroxylation is 1. The van der Waals surface area contributed by atoms with Crippen molar-refractivity contribution in [2.24, 2.45) is 5.92 Å². The van der Waals surface area contributed by atoms with Gasteiger partial charge in [0.25, 0.3) is 0 Å². The van der Waals surface area contributed by atoms with Crippen LogP contribution in [0.3, 0.4) is 0 Å². The second-order valence-electron chi connectivity index (χ2n) is 3.88. The van der Waals surface area contributed by atoms with E-state index in [2.05, 4.69) is 44.1 Å². The molecule has 2 rings (SSSR count). The maximum Gasteiger partial charge on any atom is 0.106 e. The van der Waals surface area contributed by atoms with Crippen LogP contribution in [0.1, 0.15) is 12.1 Å². The summed E-state index contributed by atoms with van der Waals surface area (Å²) < 4.78 is 0.905. The van der Waals surface area contributed by atoms with Gasteiger partial charge < -0.3 is 5.32 Å². The third-order valence-corrected chi connectivity index (χ3v) is 4.33. The number of pyridine rings is 1. The van der Waals surface area contributed by atoms with Crippen LogP contribution in [0.5, 0.6) is 0 Å². The zero-order chi connectivity index (χ0) is 10.7. The van der Waals surface area contributed by atoms with Crippen LogP contribution in [-0.2, 0) is 0 Å². The van der Waals surface area contributed by atoms with Gasteiger partial charge >= 0.3 is 0 Å².